The number of nitrogen functional groups attached to an aromatic ring is 1. The summed E-state index contributed by atoms with van der Waals surface area (Å²) in [6, 6.07) is 3.95. The summed E-state index contributed by atoms with van der Waals surface area (Å²) in [7, 11) is -2.28. The van der Waals surface area contributed by atoms with Crippen LogP contribution in [0.2, 0.25) is 5.02 Å². The fourth-order valence-corrected chi connectivity index (χ4v) is 4.37. The van der Waals surface area contributed by atoms with Crippen molar-refractivity contribution in [1.82, 2.24) is 4.31 Å². The number of halogens is 1. The van der Waals surface area contributed by atoms with Gasteiger partial charge in [0.15, 0.2) is 0 Å². The molecule has 5 nitrogen and oxygen atoms in total. The van der Waals surface area contributed by atoms with E-state index in [1.54, 1.807) is 6.07 Å². The molecule has 0 radical (unpaired) electrons. The van der Waals surface area contributed by atoms with Crippen molar-refractivity contribution >= 4 is 27.3 Å². The summed E-state index contributed by atoms with van der Waals surface area (Å²) < 4.78 is 26.5. The van der Waals surface area contributed by atoms with Gasteiger partial charge in [0.1, 0.15) is 4.90 Å². The molecule has 2 rings (SSSR count). The number of sulfonamides is 1. The van der Waals surface area contributed by atoms with Crippen molar-refractivity contribution in [1.29, 1.82) is 0 Å². The van der Waals surface area contributed by atoms with E-state index in [4.69, 9.17) is 17.3 Å². The average Bonchev–Trinajstić information content (AvgIpc) is 2.41. The lowest BCUT2D eigenvalue weighted by molar-refractivity contribution is 0.0638. The number of hydrogen-bond acceptors (Lipinski definition) is 4. The number of nitrogens with zero attached hydrogens (tertiary/aromatic N) is 1. The molecule has 0 heterocycles. The van der Waals surface area contributed by atoms with Crippen molar-refractivity contribution in [3.63, 3.8) is 0 Å². The topological polar surface area (TPSA) is 83.6 Å². The second-order valence-corrected chi connectivity index (χ2v) is 7.52. The van der Waals surface area contributed by atoms with Gasteiger partial charge in [0.25, 0.3) is 0 Å². The maximum Gasteiger partial charge on any atom is 0.245 e. The lowest BCUT2D eigenvalue weighted by Crippen LogP contribution is -2.46. The van der Waals surface area contributed by atoms with Gasteiger partial charge in [-0.25, -0.2) is 8.42 Å². The molecule has 20 heavy (non-hydrogen) atoms. The third-order valence-electron chi connectivity index (χ3n) is 3.79. The first-order valence-electron chi connectivity index (χ1n) is 6.55. The van der Waals surface area contributed by atoms with Crippen LogP contribution in [0.4, 0.5) is 5.69 Å². The second kappa shape index (κ2) is 5.89. The first kappa shape index (κ1) is 15.6. The zero-order valence-corrected chi connectivity index (χ0v) is 12.9. The molecule has 0 bridgehead atoms. The zero-order valence-electron chi connectivity index (χ0n) is 11.3. The Morgan fingerprint density at radius 1 is 1.35 bits per heavy atom. The van der Waals surface area contributed by atoms with Gasteiger partial charge in [0.05, 0.1) is 17.8 Å². The Balaban J connectivity index is 2.36. The average molecular weight is 319 g/mol. The van der Waals surface area contributed by atoms with E-state index in [9.17, 15) is 13.5 Å². The van der Waals surface area contributed by atoms with Crippen LogP contribution >= 0.6 is 11.6 Å². The van der Waals surface area contributed by atoms with Gasteiger partial charge in [-0.1, -0.05) is 24.4 Å². The molecule has 0 amide bonds. The van der Waals surface area contributed by atoms with Crippen molar-refractivity contribution in [2.45, 2.75) is 42.7 Å². The van der Waals surface area contributed by atoms with Gasteiger partial charge < -0.3 is 10.8 Å². The van der Waals surface area contributed by atoms with Crippen molar-refractivity contribution in [3.05, 3.63) is 23.2 Å². The van der Waals surface area contributed by atoms with E-state index in [0.29, 0.717) is 17.9 Å². The van der Waals surface area contributed by atoms with Crippen molar-refractivity contribution in [2.24, 2.45) is 0 Å². The number of aliphatic hydroxyl groups is 1. The van der Waals surface area contributed by atoms with Crippen molar-refractivity contribution < 1.29 is 13.5 Å². The summed E-state index contributed by atoms with van der Waals surface area (Å²) in [6.07, 6.45) is 2.47. The van der Waals surface area contributed by atoms with Crippen molar-refractivity contribution in [3.8, 4) is 0 Å². The van der Waals surface area contributed by atoms with E-state index in [0.717, 1.165) is 12.8 Å². The van der Waals surface area contributed by atoms with Crippen LogP contribution in [-0.2, 0) is 10.0 Å². The van der Waals surface area contributed by atoms with Crippen LogP contribution < -0.4 is 5.73 Å². The van der Waals surface area contributed by atoms with Crippen LogP contribution in [0.1, 0.15) is 25.7 Å². The number of benzene rings is 1. The first-order valence-corrected chi connectivity index (χ1v) is 8.37. The largest absolute Gasteiger partial charge is 0.398 e. The number of rotatable bonds is 3. The van der Waals surface area contributed by atoms with E-state index in [2.05, 4.69) is 0 Å². The quantitative estimate of drug-likeness (QED) is 0.833. The Hall–Kier alpha value is -0.820. The van der Waals surface area contributed by atoms with E-state index in [1.807, 2.05) is 0 Å². The van der Waals surface area contributed by atoms with Crippen LogP contribution in [0.5, 0.6) is 0 Å². The molecule has 7 heteroatoms. The SMILES string of the molecule is CN(C1CCCCC1O)S(=O)(=O)c1cc(Cl)ccc1N. The molecule has 0 aromatic heterocycles. The summed E-state index contributed by atoms with van der Waals surface area (Å²) in [5.41, 5.74) is 5.91. The molecule has 0 saturated heterocycles. The minimum atomic E-state index is -3.76. The first-order chi connectivity index (χ1) is 9.34. The molecular weight excluding hydrogens is 300 g/mol. The van der Waals surface area contributed by atoms with Gasteiger partial charge in [-0.05, 0) is 31.0 Å². The van der Waals surface area contributed by atoms with Gasteiger partial charge in [-0.15, -0.1) is 0 Å². The van der Waals surface area contributed by atoms with Gasteiger partial charge >= 0.3 is 0 Å². The van der Waals surface area contributed by atoms with E-state index in [1.165, 1.54) is 23.5 Å². The van der Waals surface area contributed by atoms with Crippen LogP contribution in [0, 0.1) is 0 Å². The molecule has 2 atom stereocenters. The smallest absolute Gasteiger partial charge is 0.245 e. The Morgan fingerprint density at radius 2 is 2.00 bits per heavy atom. The lowest BCUT2D eigenvalue weighted by Gasteiger charge is -2.34. The monoisotopic (exact) mass is 318 g/mol. The Morgan fingerprint density at radius 3 is 2.65 bits per heavy atom. The highest BCUT2D eigenvalue weighted by Crippen LogP contribution is 2.30. The highest BCUT2D eigenvalue weighted by atomic mass is 35.5. The molecule has 3 N–H and O–H groups in total. The summed E-state index contributed by atoms with van der Waals surface area (Å²) in [6.45, 7) is 0. The van der Waals surface area contributed by atoms with Crippen LogP contribution in [0.25, 0.3) is 0 Å². The van der Waals surface area contributed by atoms with Crippen LogP contribution in [-0.4, -0.2) is 37.0 Å². The zero-order chi connectivity index (χ0) is 14.9. The summed E-state index contributed by atoms with van der Waals surface area (Å²) in [5.74, 6) is 0. The highest BCUT2D eigenvalue weighted by molar-refractivity contribution is 7.89. The Labute approximate surface area is 124 Å². The third kappa shape index (κ3) is 2.93. The fraction of sp³-hybridized carbons (Fsp3) is 0.538. The minimum Gasteiger partial charge on any atom is -0.398 e. The lowest BCUT2D eigenvalue weighted by atomic mass is 9.93. The molecule has 112 valence electrons. The Kier molecular flexibility index (Phi) is 4.59. The number of anilines is 1. The molecule has 1 aromatic carbocycles. The molecule has 0 spiro atoms. The van der Waals surface area contributed by atoms with Crippen molar-refractivity contribution in [2.75, 3.05) is 12.8 Å². The summed E-state index contributed by atoms with van der Waals surface area (Å²) >= 11 is 5.85. The van der Waals surface area contributed by atoms with Gasteiger partial charge in [-0.2, -0.15) is 4.31 Å². The molecule has 1 aliphatic carbocycles. The standard InChI is InChI=1S/C13H19ClN2O3S/c1-16(11-4-2-3-5-12(11)17)20(18,19)13-8-9(14)6-7-10(13)15/h6-8,11-12,17H,2-5,15H2,1H3. The maximum absolute atomic E-state index is 12.6. The molecule has 0 aliphatic heterocycles. The van der Waals surface area contributed by atoms with E-state index >= 15 is 0 Å². The fourth-order valence-electron chi connectivity index (χ4n) is 2.58. The molecular formula is C13H19ClN2O3S. The number of aliphatic hydroxyl groups excluding tert-OH is 1. The molecule has 1 fully saturated rings. The van der Waals surface area contributed by atoms with Gasteiger partial charge in [-0.3, -0.25) is 0 Å². The Bertz CT molecular complexity index is 591. The molecule has 1 aromatic rings. The maximum atomic E-state index is 12.6. The van der Waals surface area contributed by atoms with Crippen LogP contribution in [0.15, 0.2) is 23.1 Å². The predicted molar refractivity (Wildman–Crippen MR) is 79.1 cm³/mol. The van der Waals surface area contributed by atoms with Gasteiger partial charge in [0.2, 0.25) is 10.0 Å². The number of likely N-dealkylation sites (N-methyl/N-ethyl adjacent to an activating group) is 1. The number of nitrogens with two attached hydrogens (primary N) is 1. The number of hydrogen-bond donors (Lipinski definition) is 2. The third-order valence-corrected chi connectivity index (χ3v) is 5.97. The summed E-state index contributed by atoms with van der Waals surface area (Å²) in [4.78, 5) is -0.00901. The van der Waals surface area contributed by atoms with Crippen LogP contribution in [0.3, 0.4) is 0 Å². The highest BCUT2D eigenvalue weighted by Gasteiger charge is 2.35. The predicted octanol–water partition coefficient (Wildman–Crippen LogP) is 1.85. The molecule has 1 aliphatic rings. The molecule has 2 unspecified atom stereocenters. The second-order valence-electron chi connectivity index (χ2n) is 5.12. The minimum absolute atomic E-state index is 0.00901. The summed E-state index contributed by atoms with van der Waals surface area (Å²) in [5, 5.41) is 10.3. The normalized spacial score (nSPS) is 24.0. The van der Waals surface area contributed by atoms with E-state index < -0.39 is 22.2 Å². The molecule has 1 saturated carbocycles. The van der Waals surface area contributed by atoms with E-state index in [-0.39, 0.29) is 10.6 Å². The van der Waals surface area contributed by atoms with Gasteiger partial charge in [0, 0.05) is 12.1 Å².